The van der Waals surface area contributed by atoms with E-state index in [2.05, 4.69) is 10.4 Å². The fourth-order valence-electron chi connectivity index (χ4n) is 2.89. The number of ether oxygens (including phenoxy) is 1. The molecule has 1 aromatic heterocycles. The van der Waals surface area contributed by atoms with E-state index in [-0.39, 0.29) is 5.91 Å². The van der Waals surface area contributed by atoms with Crippen LogP contribution in [-0.4, -0.2) is 22.8 Å². The van der Waals surface area contributed by atoms with Crippen molar-refractivity contribution < 1.29 is 9.53 Å². The molecule has 0 aliphatic rings. The summed E-state index contributed by atoms with van der Waals surface area (Å²) in [4.78, 5) is 12.6. The summed E-state index contributed by atoms with van der Waals surface area (Å²) in [5.41, 5.74) is 4.23. The van der Waals surface area contributed by atoms with E-state index in [1.807, 2.05) is 48.9 Å². The van der Waals surface area contributed by atoms with Crippen LogP contribution in [0.4, 0.5) is 5.69 Å². The number of carbonyl (C=O) groups is 1. The average Bonchev–Trinajstić information content (AvgIpc) is 2.95. The van der Waals surface area contributed by atoms with Crippen LogP contribution < -0.4 is 10.1 Å². The largest absolute Gasteiger partial charge is 0.497 e. The third-order valence-corrected chi connectivity index (χ3v) is 4.34. The molecule has 0 atom stereocenters. The predicted molar refractivity (Wildman–Crippen MR) is 103 cm³/mol. The van der Waals surface area contributed by atoms with Gasteiger partial charge in [0.1, 0.15) is 5.75 Å². The fraction of sp³-hybridized carbons (Fsp3) is 0.190. The van der Waals surface area contributed by atoms with Crippen molar-refractivity contribution in [3.05, 3.63) is 76.6 Å². The molecule has 6 nitrogen and oxygen atoms in total. The van der Waals surface area contributed by atoms with E-state index < -0.39 is 0 Å². The van der Waals surface area contributed by atoms with Gasteiger partial charge in [0, 0.05) is 5.56 Å². The summed E-state index contributed by atoms with van der Waals surface area (Å²) in [6.45, 7) is 4.35. The normalized spacial score (nSPS) is 10.3. The van der Waals surface area contributed by atoms with Crippen molar-refractivity contribution in [3.8, 4) is 11.8 Å². The van der Waals surface area contributed by atoms with E-state index >= 15 is 0 Å². The number of aromatic nitrogens is 2. The number of carbonyl (C=O) groups excluding carboxylic acids is 1. The van der Waals surface area contributed by atoms with Gasteiger partial charge < -0.3 is 10.1 Å². The maximum atomic E-state index is 12.6. The molecule has 1 N–H and O–H groups in total. The van der Waals surface area contributed by atoms with Crippen molar-refractivity contribution >= 4 is 11.6 Å². The standard InChI is InChI=1S/C21H20N4O2/c1-14-20(23-21(26)18-8-4-6-16(10-18)12-22)15(2)25(24-14)13-17-7-5-9-19(11-17)27-3/h4-11H,13H2,1-3H3,(H,23,26). The maximum absolute atomic E-state index is 12.6. The van der Waals surface area contributed by atoms with E-state index in [1.165, 1.54) is 0 Å². The first-order valence-electron chi connectivity index (χ1n) is 8.50. The van der Waals surface area contributed by atoms with Gasteiger partial charge in [-0.15, -0.1) is 0 Å². The Morgan fingerprint density at radius 2 is 2.00 bits per heavy atom. The van der Waals surface area contributed by atoms with Gasteiger partial charge in [-0.1, -0.05) is 18.2 Å². The summed E-state index contributed by atoms with van der Waals surface area (Å²) >= 11 is 0. The zero-order valence-corrected chi connectivity index (χ0v) is 15.5. The Morgan fingerprint density at radius 3 is 2.74 bits per heavy atom. The summed E-state index contributed by atoms with van der Waals surface area (Å²) in [7, 11) is 1.64. The molecule has 0 aliphatic heterocycles. The zero-order chi connectivity index (χ0) is 19.4. The summed E-state index contributed by atoms with van der Waals surface area (Å²) in [5.74, 6) is 0.527. The smallest absolute Gasteiger partial charge is 0.255 e. The quantitative estimate of drug-likeness (QED) is 0.753. The summed E-state index contributed by atoms with van der Waals surface area (Å²) in [6, 6.07) is 16.4. The second-order valence-electron chi connectivity index (χ2n) is 6.20. The third-order valence-electron chi connectivity index (χ3n) is 4.34. The van der Waals surface area contributed by atoms with Crippen molar-refractivity contribution in [2.24, 2.45) is 0 Å². The van der Waals surface area contributed by atoms with E-state index in [9.17, 15) is 4.79 Å². The van der Waals surface area contributed by atoms with E-state index in [4.69, 9.17) is 10.00 Å². The van der Waals surface area contributed by atoms with Crippen LogP contribution >= 0.6 is 0 Å². The average molecular weight is 360 g/mol. The van der Waals surface area contributed by atoms with Crippen molar-refractivity contribution in [3.63, 3.8) is 0 Å². The van der Waals surface area contributed by atoms with Crippen LogP contribution in [0.1, 0.15) is 32.9 Å². The number of nitriles is 1. The monoisotopic (exact) mass is 360 g/mol. The van der Waals surface area contributed by atoms with Crippen LogP contribution in [0.25, 0.3) is 0 Å². The van der Waals surface area contributed by atoms with Crippen molar-refractivity contribution in [1.29, 1.82) is 5.26 Å². The highest BCUT2D eigenvalue weighted by Crippen LogP contribution is 2.22. The summed E-state index contributed by atoms with van der Waals surface area (Å²) in [6.07, 6.45) is 0. The number of rotatable bonds is 5. The molecule has 0 aliphatic carbocycles. The molecule has 136 valence electrons. The molecule has 0 bridgehead atoms. The molecular formula is C21H20N4O2. The lowest BCUT2D eigenvalue weighted by atomic mass is 10.1. The van der Waals surface area contributed by atoms with Gasteiger partial charge in [-0.05, 0) is 49.7 Å². The predicted octanol–water partition coefficient (Wildman–Crippen LogP) is 3.68. The number of anilines is 1. The molecule has 1 heterocycles. The van der Waals surface area contributed by atoms with Crippen molar-refractivity contribution in [2.45, 2.75) is 20.4 Å². The van der Waals surface area contributed by atoms with Gasteiger partial charge in [-0.3, -0.25) is 9.48 Å². The number of hydrogen-bond acceptors (Lipinski definition) is 4. The molecular weight excluding hydrogens is 340 g/mol. The molecule has 0 spiro atoms. The minimum absolute atomic E-state index is 0.265. The minimum Gasteiger partial charge on any atom is -0.497 e. The number of hydrogen-bond donors (Lipinski definition) is 1. The number of methoxy groups -OCH3 is 1. The van der Waals surface area contributed by atoms with E-state index in [0.717, 1.165) is 22.7 Å². The number of amides is 1. The Hall–Kier alpha value is -3.59. The Balaban J connectivity index is 1.83. The summed E-state index contributed by atoms with van der Waals surface area (Å²) < 4.78 is 7.12. The van der Waals surface area contributed by atoms with Gasteiger partial charge in [0.25, 0.3) is 5.91 Å². The molecule has 3 aromatic rings. The Bertz CT molecular complexity index is 1030. The SMILES string of the molecule is COc1cccc(Cn2nc(C)c(NC(=O)c3cccc(C#N)c3)c2C)c1. The molecule has 6 heteroatoms. The fourth-order valence-corrected chi connectivity index (χ4v) is 2.89. The van der Waals surface area contributed by atoms with Crippen LogP contribution in [0.3, 0.4) is 0 Å². The number of benzene rings is 2. The Labute approximate surface area is 158 Å². The van der Waals surface area contributed by atoms with Crippen molar-refractivity contribution in [2.75, 3.05) is 12.4 Å². The van der Waals surface area contributed by atoms with Gasteiger partial charge in [0.05, 0.1) is 42.4 Å². The second-order valence-corrected chi connectivity index (χ2v) is 6.20. The highest BCUT2D eigenvalue weighted by atomic mass is 16.5. The van der Waals surface area contributed by atoms with Crippen LogP contribution in [-0.2, 0) is 6.54 Å². The lowest BCUT2D eigenvalue weighted by Crippen LogP contribution is -2.13. The van der Waals surface area contributed by atoms with Crippen LogP contribution in [0.2, 0.25) is 0 Å². The molecule has 1 amide bonds. The molecule has 3 rings (SSSR count). The topological polar surface area (TPSA) is 79.9 Å². The van der Waals surface area contributed by atoms with Crippen LogP contribution in [0, 0.1) is 25.2 Å². The van der Waals surface area contributed by atoms with Gasteiger partial charge >= 0.3 is 0 Å². The minimum atomic E-state index is -0.265. The highest BCUT2D eigenvalue weighted by Gasteiger charge is 2.16. The first-order valence-corrected chi connectivity index (χ1v) is 8.50. The van der Waals surface area contributed by atoms with Gasteiger partial charge in [0.2, 0.25) is 0 Å². The second kappa shape index (κ2) is 7.75. The number of aryl methyl sites for hydroxylation is 1. The number of nitrogens with zero attached hydrogens (tertiary/aromatic N) is 3. The molecule has 27 heavy (non-hydrogen) atoms. The lowest BCUT2D eigenvalue weighted by Gasteiger charge is -2.08. The zero-order valence-electron chi connectivity index (χ0n) is 15.5. The van der Waals surface area contributed by atoms with Gasteiger partial charge in [-0.2, -0.15) is 10.4 Å². The maximum Gasteiger partial charge on any atom is 0.255 e. The summed E-state index contributed by atoms with van der Waals surface area (Å²) in [5, 5.41) is 16.5. The Kier molecular flexibility index (Phi) is 5.23. The highest BCUT2D eigenvalue weighted by molar-refractivity contribution is 6.05. The molecule has 0 saturated heterocycles. The lowest BCUT2D eigenvalue weighted by molar-refractivity contribution is 0.102. The molecule has 0 unspecified atom stereocenters. The van der Waals surface area contributed by atoms with E-state index in [0.29, 0.717) is 23.4 Å². The first-order chi connectivity index (χ1) is 13.0. The molecule has 0 radical (unpaired) electrons. The van der Waals surface area contributed by atoms with E-state index in [1.54, 1.807) is 31.4 Å². The van der Waals surface area contributed by atoms with Crippen LogP contribution in [0.15, 0.2) is 48.5 Å². The first kappa shape index (κ1) is 18.2. The van der Waals surface area contributed by atoms with Crippen molar-refractivity contribution in [1.82, 2.24) is 9.78 Å². The number of nitrogens with one attached hydrogen (secondary N) is 1. The Morgan fingerprint density at radius 1 is 1.22 bits per heavy atom. The van der Waals surface area contributed by atoms with Gasteiger partial charge in [0.15, 0.2) is 0 Å². The molecule has 0 fully saturated rings. The molecule has 2 aromatic carbocycles. The van der Waals surface area contributed by atoms with Crippen LogP contribution in [0.5, 0.6) is 5.75 Å². The third kappa shape index (κ3) is 3.98. The van der Waals surface area contributed by atoms with Gasteiger partial charge in [-0.25, -0.2) is 0 Å². The molecule has 0 saturated carbocycles.